The summed E-state index contributed by atoms with van der Waals surface area (Å²) in [7, 11) is 0. The second kappa shape index (κ2) is 8.90. The zero-order valence-electron chi connectivity index (χ0n) is 10.3. The van der Waals surface area contributed by atoms with Gasteiger partial charge < -0.3 is 4.74 Å². The van der Waals surface area contributed by atoms with Gasteiger partial charge >= 0.3 is 5.97 Å². The zero-order valence-corrected chi connectivity index (χ0v) is 10.3. The Morgan fingerprint density at radius 2 is 1.89 bits per heavy atom. The van der Waals surface area contributed by atoms with Crippen LogP contribution < -0.4 is 0 Å². The average Bonchev–Trinajstić information content (AvgIpc) is 2.41. The van der Waals surface area contributed by atoms with Crippen molar-refractivity contribution in [2.75, 3.05) is 0 Å². The van der Waals surface area contributed by atoms with Crippen LogP contribution in [0, 0.1) is 24.2 Å². The van der Waals surface area contributed by atoms with Gasteiger partial charge in [-0.25, -0.2) is 4.79 Å². The van der Waals surface area contributed by atoms with Gasteiger partial charge in [-0.1, -0.05) is 36.3 Å². The first-order valence-corrected chi connectivity index (χ1v) is 5.96. The fraction of sp³-hybridized carbons (Fsp3) is 0.312. The summed E-state index contributed by atoms with van der Waals surface area (Å²) in [6.07, 6.45) is 8.44. The molecule has 18 heavy (non-hydrogen) atoms. The SMILES string of the molecule is C#CCCCCC#CC(=O)OCc1ccccc1. The van der Waals surface area contributed by atoms with Crippen molar-refractivity contribution in [1.82, 2.24) is 0 Å². The number of benzene rings is 1. The first-order chi connectivity index (χ1) is 8.83. The molecule has 92 valence electrons. The van der Waals surface area contributed by atoms with Crippen LogP contribution >= 0.6 is 0 Å². The molecule has 0 heterocycles. The van der Waals surface area contributed by atoms with Crippen molar-refractivity contribution >= 4 is 5.97 Å². The van der Waals surface area contributed by atoms with Crippen LogP contribution in [0.5, 0.6) is 0 Å². The van der Waals surface area contributed by atoms with Crippen LogP contribution in [0.15, 0.2) is 30.3 Å². The Hall–Kier alpha value is -2.19. The molecule has 0 bridgehead atoms. The van der Waals surface area contributed by atoms with Gasteiger partial charge in [0.1, 0.15) is 6.61 Å². The van der Waals surface area contributed by atoms with Gasteiger partial charge in [-0.3, -0.25) is 0 Å². The number of rotatable bonds is 5. The van der Waals surface area contributed by atoms with Crippen molar-refractivity contribution in [2.24, 2.45) is 0 Å². The third kappa shape index (κ3) is 6.40. The highest BCUT2D eigenvalue weighted by Crippen LogP contribution is 2.00. The van der Waals surface area contributed by atoms with Crippen LogP contribution in [0.4, 0.5) is 0 Å². The van der Waals surface area contributed by atoms with Crippen LogP contribution in [0.25, 0.3) is 0 Å². The highest BCUT2D eigenvalue weighted by Gasteiger charge is 1.97. The fourth-order valence-electron chi connectivity index (χ4n) is 1.33. The number of ether oxygens (including phenoxy) is 1. The Kier molecular flexibility index (Phi) is 6.86. The minimum absolute atomic E-state index is 0.269. The lowest BCUT2D eigenvalue weighted by atomic mass is 10.2. The van der Waals surface area contributed by atoms with E-state index in [1.807, 2.05) is 30.3 Å². The maximum absolute atomic E-state index is 11.3. The number of terminal acetylenes is 1. The topological polar surface area (TPSA) is 26.3 Å². The predicted molar refractivity (Wildman–Crippen MR) is 71.3 cm³/mol. The predicted octanol–water partition coefficient (Wildman–Crippen LogP) is 2.93. The smallest absolute Gasteiger partial charge is 0.384 e. The molecule has 0 unspecified atom stereocenters. The minimum atomic E-state index is -0.476. The third-order valence-electron chi connectivity index (χ3n) is 2.28. The molecule has 0 aliphatic rings. The summed E-state index contributed by atoms with van der Waals surface area (Å²) in [5.41, 5.74) is 0.960. The number of esters is 1. The van der Waals surface area contributed by atoms with Crippen LogP contribution in [0.3, 0.4) is 0 Å². The van der Waals surface area contributed by atoms with Gasteiger partial charge in [-0.2, -0.15) is 0 Å². The van der Waals surface area contributed by atoms with E-state index in [4.69, 9.17) is 11.2 Å². The quantitative estimate of drug-likeness (QED) is 0.342. The summed E-state index contributed by atoms with van der Waals surface area (Å²) in [4.78, 5) is 11.3. The lowest BCUT2D eigenvalue weighted by molar-refractivity contribution is -0.137. The van der Waals surface area contributed by atoms with Crippen molar-refractivity contribution in [2.45, 2.75) is 32.3 Å². The maximum Gasteiger partial charge on any atom is 0.384 e. The van der Waals surface area contributed by atoms with Crippen LogP contribution in [-0.2, 0) is 16.1 Å². The van der Waals surface area contributed by atoms with E-state index in [2.05, 4.69) is 17.8 Å². The molecular weight excluding hydrogens is 224 g/mol. The molecule has 1 rings (SSSR count). The number of hydrogen-bond acceptors (Lipinski definition) is 2. The van der Waals surface area contributed by atoms with E-state index in [1.165, 1.54) is 0 Å². The van der Waals surface area contributed by atoms with Crippen molar-refractivity contribution in [3.8, 4) is 24.2 Å². The lowest BCUT2D eigenvalue weighted by Crippen LogP contribution is -2.01. The summed E-state index contributed by atoms with van der Waals surface area (Å²) in [5.74, 6) is 7.34. The summed E-state index contributed by atoms with van der Waals surface area (Å²) >= 11 is 0. The van der Waals surface area contributed by atoms with Crippen LogP contribution in [0.2, 0.25) is 0 Å². The summed E-state index contributed by atoms with van der Waals surface area (Å²) < 4.78 is 5.01. The molecule has 0 radical (unpaired) electrons. The second-order valence-corrected chi connectivity index (χ2v) is 3.77. The molecule has 1 aromatic rings. The largest absolute Gasteiger partial charge is 0.451 e. The highest BCUT2D eigenvalue weighted by atomic mass is 16.5. The number of carbonyl (C=O) groups excluding carboxylic acids is 1. The Balaban J connectivity index is 2.18. The molecule has 0 spiro atoms. The van der Waals surface area contributed by atoms with Gasteiger partial charge in [0.2, 0.25) is 0 Å². The molecule has 0 atom stereocenters. The van der Waals surface area contributed by atoms with Crippen LogP contribution in [-0.4, -0.2) is 5.97 Å². The maximum atomic E-state index is 11.3. The molecule has 0 aliphatic heterocycles. The molecular formula is C16H16O2. The Bertz CT molecular complexity index is 457. The summed E-state index contributed by atoms with van der Waals surface area (Å²) in [6, 6.07) is 9.53. The highest BCUT2D eigenvalue weighted by molar-refractivity contribution is 5.88. The lowest BCUT2D eigenvalue weighted by Gasteiger charge is -1.99. The molecule has 0 saturated carbocycles. The number of hydrogen-bond donors (Lipinski definition) is 0. The van der Waals surface area contributed by atoms with E-state index >= 15 is 0 Å². The Morgan fingerprint density at radius 1 is 1.17 bits per heavy atom. The van der Waals surface area contributed by atoms with Crippen LogP contribution in [0.1, 0.15) is 31.2 Å². The van der Waals surface area contributed by atoms with Gasteiger partial charge in [0, 0.05) is 18.8 Å². The van der Waals surface area contributed by atoms with Gasteiger partial charge in [-0.15, -0.1) is 12.3 Å². The van der Waals surface area contributed by atoms with Gasteiger partial charge in [0.05, 0.1) is 0 Å². The standard InChI is InChI=1S/C16H16O2/c1-2-3-4-5-6-10-13-16(17)18-14-15-11-8-7-9-12-15/h1,7-9,11-12H,3-6,14H2. The summed E-state index contributed by atoms with van der Waals surface area (Å²) in [5, 5.41) is 0. The van der Waals surface area contributed by atoms with Crippen molar-refractivity contribution < 1.29 is 9.53 Å². The van der Waals surface area contributed by atoms with E-state index in [0.29, 0.717) is 6.42 Å². The van der Waals surface area contributed by atoms with Gasteiger partial charge in [-0.05, 0) is 18.4 Å². The molecule has 2 nitrogen and oxygen atoms in total. The molecule has 0 fully saturated rings. The van der Waals surface area contributed by atoms with Gasteiger partial charge in [0.15, 0.2) is 0 Å². The number of carbonyl (C=O) groups is 1. The first kappa shape index (κ1) is 13.9. The normalized spacial score (nSPS) is 8.83. The van der Waals surface area contributed by atoms with E-state index in [1.54, 1.807) is 0 Å². The summed E-state index contributed by atoms with van der Waals surface area (Å²) in [6.45, 7) is 0.269. The van der Waals surface area contributed by atoms with E-state index in [0.717, 1.165) is 24.8 Å². The molecule has 0 amide bonds. The third-order valence-corrected chi connectivity index (χ3v) is 2.28. The van der Waals surface area contributed by atoms with E-state index in [-0.39, 0.29) is 6.61 Å². The van der Waals surface area contributed by atoms with Crippen molar-refractivity contribution in [1.29, 1.82) is 0 Å². The average molecular weight is 240 g/mol. The monoisotopic (exact) mass is 240 g/mol. The molecule has 2 heteroatoms. The molecule has 0 N–H and O–H groups in total. The first-order valence-electron chi connectivity index (χ1n) is 5.96. The van der Waals surface area contributed by atoms with Crippen molar-refractivity contribution in [3.63, 3.8) is 0 Å². The molecule has 0 saturated heterocycles. The zero-order chi connectivity index (χ0) is 13.1. The van der Waals surface area contributed by atoms with Crippen molar-refractivity contribution in [3.05, 3.63) is 35.9 Å². The molecule has 0 aliphatic carbocycles. The Morgan fingerprint density at radius 3 is 2.61 bits per heavy atom. The van der Waals surface area contributed by atoms with E-state index < -0.39 is 5.97 Å². The molecule has 1 aromatic carbocycles. The number of unbranched alkanes of at least 4 members (excludes halogenated alkanes) is 3. The minimum Gasteiger partial charge on any atom is -0.451 e. The molecule has 0 aromatic heterocycles. The van der Waals surface area contributed by atoms with Gasteiger partial charge in [0.25, 0.3) is 0 Å². The van der Waals surface area contributed by atoms with E-state index in [9.17, 15) is 4.79 Å². The fourth-order valence-corrected chi connectivity index (χ4v) is 1.33. The second-order valence-electron chi connectivity index (χ2n) is 3.77. The Labute approximate surface area is 108 Å².